The molecule has 4 aromatic rings. The number of pyridine rings is 1. The summed E-state index contributed by atoms with van der Waals surface area (Å²) in [6, 6.07) is 22.9. The molecule has 1 unspecified atom stereocenters. The van der Waals surface area contributed by atoms with Crippen LogP contribution < -0.4 is 10.1 Å². The molecule has 2 aromatic heterocycles. The van der Waals surface area contributed by atoms with E-state index < -0.39 is 0 Å². The molecule has 0 aliphatic carbocycles. The van der Waals surface area contributed by atoms with Crippen LogP contribution in [0.15, 0.2) is 84.1 Å². The number of benzene rings is 2. The highest BCUT2D eigenvalue weighted by Crippen LogP contribution is 2.25. The van der Waals surface area contributed by atoms with Crippen molar-refractivity contribution in [2.24, 2.45) is 7.05 Å². The molecular weight excluding hydrogens is 434 g/mol. The predicted molar refractivity (Wildman–Crippen MR) is 128 cm³/mol. The second-order valence-corrected chi connectivity index (χ2v) is 8.41. The third-order valence-electron chi connectivity index (χ3n) is 5.19. The quantitative estimate of drug-likeness (QED) is 0.377. The molecule has 7 nitrogen and oxygen atoms in total. The molecule has 0 spiro atoms. The summed E-state index contributed by atoms with van der Waals surface area (Å²) in [7, 11) is 3.58. The normalized spacial score (nSPS) is 11.7. The van der Waals surface area contributed by atoms with Crippen molar-refractivity contribution < 1.29 is 9.53 Å². The van der Waals surface area contributed by atoms with Gasteiger partial charge in [-0.05, 0) is 41.8 Å². The lowest BCUT2D eigenvalue weighted by molar-refractivity contribution is 0.0929. The van der Waals surface area contributed by atoms with Crippen molar-refractivity contribution in [1.29, 1.82) is 0 Å². The van der Waals surface area contributed by atoms with Gasteiger partial charge in [0.2, 0.25) is 0 Å². The molecule has 4 rings (SSSR count). The van der Waals surface area contributed by atoms with E-state index in [1.165, 1.54) is 0 Å². The molecule has 0 fully saturated rings. The number of ether oxygens (including phenoxy) is 1. The monoisotopic (exact) mass is 459 g/mol. The second kappa shape index (κ2) is 10.8. The van der Waals surface area contributed by atoms with Gasteiger partial charge in [-0.1, -0.05) is 60.3 Å². The van der Waals surface area contributed by atoms with E-state index in [0.29, 0.717) is 17.9 Å². The molecule has 8 heteroatoms. The Balaban J connectivity index is 1.53. The molecule has 0 bridgehead atoms. The van der Waals surface area contributed by atoms with Gasteiger partial charge in [0.1, 0.15) is 11.4 Å². The summed E-state index contributed by atoms with van der Waals surface area (Å²) in [5.41, 5.74) is 2.63. The van der Waals surface area contributed by atoms with E-state index in [-0.39, 0.29) is 11.9 Å². The standard InChI is InChI=1S/C25H25N5O2S/c1-30-23(28-29-25(30)33-17-19-11-13-20(32-2)14-12-19)22(16-18-8-4-3-5-9-18)27-24(31)21-10-6-7-15-26-21/h3-15,22H,16-17H2,1-2H3,(H,27,31). The lowest BCUT2D eigenvalue weighted by Crippen LogP contribution is -2.32. The number of methoxy groups -OCH3 is 1. The van der Waals surface area contributed by atoms with Crippen molar-refractivity contribution in [1.82, 2.24) is 25.1 Å². The molecule has 2 aromatic carbocycles. The van der Waals surface area contributed by atoms with Crippen LogP contribution in [0.2, 0.25) is 0 Å². The predicted octanol–water partition coefficient (Wildman–Crippen LogP) is 4.22. The fraction of sp³-hybridized carbons (Fsp3) is 0.200. The van der Waals surface area contributed by atoms with Crippen LogP contribution >= 0.6 is 11.8 Å². The minimum Gasteiger partial charge on any atom is -0.497 e. The molecule has 0 aliphatic heterocycles. The number of amides is 1. The zero-order valence-electron chi connectivity index (χ0n) is 18.5. The number of hydrogen-bond acceptors (Lipinski definition) is 6. The van der Waals surface area contributed by atoms with Crippen LogP contribution in [0, 0.1) is 0 Å². The molecule has 0 saturated carbocycles. The van der Waals surface area contributed by atoms with Crippen molar-refractivity contribution in [2.45, 2.75) is 23.4 Å². The summed E-state index contributed by atoms with van der Waals surface area (Å²) < 4.78 is 7.17. The van der Waals surface area contributed by atoms with E-state index in [1.54, 1.807) is 43.3 Å². The van der Waals surface area contributed by atoms with Gasteiger partial charge in [-0.15, -0.1) is 10.2 Å². The molecule has 0 saturated heterocycles. The molecule has 1 amide bonds. The first-order valence-electron chi connectivity index (χ1n) is 10.5. The number of aromatic nitrogens is 4. The van der Waals surface area contributed by atoms with Gasteiger partial charge in [0.05, 0.1) is 13.2 Å². The highest BCUT2D eigenvalue weighted by atomic mass is 32.2. The van der Waals surface area contributed by atoms with Crippen LogP contribution in [0.25, 0.3) is 0 Å². The Morgan fingerprint density at radius 2 is 1.76 bits per heavy atom. The SMILES string of the molecule is COc1ccc(CSc2nnc(C(Cc3ccccc3)NC(=O)c3ccccn3)n2C)cc1. The molecule has 2 heterocycles. The number of hydrogen-bond donors (Lipinski definition) is 1. The zero-order valence-corrected chi connectivity index (χ0v) is 19.3. The minimum atomic E-state index is -0.352. The van der Waals surface area contributed by atoms with Crippen LogP contribution in [0.1, 0.15) is 33.5 Å². The Bertz CT molecular complexity index is 1180. The van der Waals surface area contributed by atoms with Gasteiger partial charge in [-0.3, -0.25) is 9.78 Å². The fourth-order valence-corrected chi connectivity index (χ4v) is 4.28. The van der Waals surface area contributed by atoms with Crippen molar-refractivity contribution in [2.75, 3.05) is 7.11 Å². The van der Waals surface area contributed by atoms with Crippen LogP contribution in [-0.4, -0.2) is 32.8 Å². The lowest BCUT2D eigenvalue weighted by Gasteiger charge is -2.18. The summed E-state index contributed by atoms with van der Waals surface area (Å²) in [6.45, 7) is 0. The smallest absolute Gasteiger partial charge is 0.270 e. The van der Waals surface area contributed by atoms with Crippen molar-refractivity contribution in [3.05, 3.63) is 102 Å². The maximum absolute atomic E-state index is 12.9. The van der Waals surface area contributed by atoms with E-state index >= 15 is 0 Å². The third kappa shape index (κ3) is 5.78. The van der Waals surface area contributed by atoms with Gasteiger partial charge in [0.25, 0.3) is 5.91 Å². The largest absolute Gasteiger partial charge is 0.497 e. The molecule has 168 valence electrons. The van der Waals surface area contributed by atoms with Crippen LogP contribution in [0.4, 0.5) is 0 Å². The maximum Gasteiger partial charge on any atom is 0.270 e. The average Bonchev–Trinajstić information content (AvgIpc) is 3.23. The topological polar surface area (TPSA) is 81.9 Å². The average molecular weight is 460 g/mol. The summed E-state index contributed by atoms with van der Waals surface area (Å²) >= 11 is 1.60. The van der Waals surface area contributed by atoms with Gasteiger partial charge in [-0.25, -0.2) is 0 Å². The summed E-state index contributed by atoms with van der Waals surface area (Å²) in [5.74, 6) is 2.03. The number of carbonyl (C=O) groups excluding carboxylic acids is 1. The molecule has 0 aliphatic rings. The summed E-state index contributed by atoms with van der Waals surface area (Å²) in [6.07, 6.45) is 2.20. The Morgan fingerprint density at radius 3 is 2.45 bits per heavy atom. The van der Waals surface area contributed by atoms with Crippen molar-refractivity contribution >= 4 is 17.7 Å². The number of carbonyl (C=O) groups is 1. The van der Waals surface area contributed by atoms with Crippen molar-refractivity contribution in [3.63, 3.8) is 0 Å². The van der Waals surface area contributed by atoms with E-state index in [0.717, 1.165) is 27.8 Å². The van der Waals surface area contributed by atoms with Crippen LogP contribution in [0.3, 0.4) is 0 Å². The van der Waals surface area contributed by atoms with Gasteiger partial charge < -0.3 is 14.6 Å². The van der Waals surface area contributed by atoms with E-state index in [4.69, 9.17) is 4.74 Å². The zero-order chi connectivity index (χ0) is 23.0. The molecule has 1 N–H and O–H groups in total. The van der Waals surface area contributed by atoms with Crippen LogP contribution in [0.5, 0.6) is 5.75 Å². The van der Waals surface area contributed by atoms with Gasteiger partial charge in [0.15, 0.2) is 11.0 Å². The minimum absolute atomic E-state index is 0.244. The van der Waals surface area contributed by atoms with E-state index in [2.05, 4.69) is 20.5 Å². The van der Waals surface area contributed by atoms with E-state index in [1.807, 2.05) is 66.2 Å². The Kier molecular flexibility index (Phi) is 7.36. The Hall–Kier alpha value is -3.65. The van der Waals surface area contributed by atoms with Crippen molar-refractivity contribution in [3.8, 4) is 5.75 Å². The summed E-state index contributed by atoms with van der Waals surface area (Å²) in [4.78, 5) is 17.0. The fourth-order valence-electron chi connectivity index (χ4n) is 3.41. The lowest BCUT2D eigenvalue weighted by atomic mass is 10.1. The Morgan fingerprint density at radius 1 is 1.00 bits per heavy atom. The second-order valence-electron chi connectivity index (χ2n) is 7.47. The third-order valence-corrected chi connectivity index (χ3v) is 6.28. The van der Waals surface area contributed by atoms with Gasteiger partial charge >= 0.3 is 0 Å². The maximum atomic E-state index is 12.9. The van der Waals surface area contributed by atoms with E-state index in [9.17, 15) is 4.79 Å². The number of nitrogens with zero attached hydrogens (tertiary/aromatic N) is 4. The first kappa shape index (κ1) is 22.5. The Labute approximate surface area is 197 Å². The molecule has 1 atom stereocenters. The molecular formula is C25H25N5O2S. The van der Waals surface area contributed by atoms with Gasteiger partial charge in [-0.2, -0.15) is 0 Å². The van der Waals surface area contributed by atoms with Gasteiger partial charge in [0, 0.05) is 19.0 Å². The number of rotatable bonds is 9. The highest BCUT2D eigenvalue weighted by Gasteiger charge is 2.23. The molecule has 33 heavy (non-hydrogen) atoms. The number of nitrogens with one attached hydrogen (secondary N) is 1. The number of thioether (sulfide) groups is 1. The highest BCUT2D eigenvalue weighted by molar-refractivity contribution is 7.98. The first-order chi connectivity index (χ1) is 16.1. The van der Waals surface area contributed by atoms with Crippen LogP contribution in [-0.2, 0) is 19.2 Å². The molecule has 0 radical (unpaired) electrons. The first-order valence-corrected chi connectivity index (χ1v) is 11.5. The summed E-state index contributed by atoms with van der Waals surface area (Å²) in [5, 5.41) is 12.7.